The monoisotopic (exact) mass is 445 g/mol. The first-order valence-electron chi connectivity index (χ1n) is 11.9. The summed E-state index contributed by atoms with van der Waals surface area (Å²) in [6, 6.07) is 25.6. The number of hydrogen-bond donors (Lipinski definition) is 0. The molecule has 0 saturated heterocycles. The average molecular weight is 446 g/mol. The zero-order valence-electron chi connectivity index (χ0n) is 20.8. The van der Waals surface area contributed by atoms with Gasteiger partial charge in [-0.1, -0.05) is 84.0 Å². The largest absolute Gasteiger partial charge is 0.315 e. The topological polar surface area (TPSA) is 33.6 Å². The minimum absolute atomic E-state index is 0.00644. The Morgan fingerprint density at radius 1 is 0.588 bits per heavy atom. The van der Waals surface area contributed by atoms with Crippen molar-refractivity contribution in [1.82, 2.24) is 9.13 Å². The highest BCUT2D eigenvalue weighted by Crippen LogP contribution is 2.37. The molecule has 0 spiro atoms. The fourth-order valence-electron chi connectivity index (χ4n) is 5.00. The van der Waals surface area contributed by atoms with Gasteiger partial charge in [0, 0.05) is 23.2 Å². The number of rotatable bonds is 2. The molecular weight excluding hydrogens is 414 g/mol. The Balaban J connectivity index is 1.82. The molecule has 0 radical (unpaired) electrons. The molecule has 3 aromatic carbocycles. The lowest BCUT2D eigenvalue weighted by Crippen LogP contribution is -2.10. The number of benzene rings is 3. The van der Waals surface area contributed by atoms with E-state index in [1.807, 2.05) is 0 Å². The molecule has 0 fully saturated rings. The summed E-state index contributed by atoms with van der Waals surface area (Å²) in [5.41, 5.74) is 7.26. The van der Waals surface area contributed by atoms with Gasteiger partial charge in [-0.2, -0.15) is 5.26 Å². The summed E-state index contributed by atoms with van der Waals surface area (Å²) in [5.74, 6) is 0. The lowest BCUT2D eigenvalue weighted by molar-refractivity contribution is 0.594. The first-order valence-corrected chi connectivity index (χ1v) is 11.9. The average Bonchev–Trinajstić information content (AvgIpc) is 3.38. The fourth-order valence-corrected chi connectivity index (χ4v) is 5.00. The van der Waals surface area contributed by atoms with Crippen LogP contribution in [-0.4, -0.2) is 9.13 Å². The summed E-state index contributed by atoms with van der Waals surface area (Å²) in [4.78, 5) is 0. The van der Waals surface area contributed by atoms with Crippen LogP contribution in [0.15, 0.2) is 79.1 Å². The quantitative estimate of drug-likeness (QED) is 0.271. The van der Waals surface area contributed by atoms with E-state index in [9.17, 15) is 5.26 Å². The lowest BCUT2D eigenvalue weighted by Gasteiger charge is -2.17. The summed E-state index contributed by atoms with van der Waals surface area (Å²) < 4.78 is 4.38. The normalized spacial score (nSPS) is 12.4. The maximum absolute atomic E-state index is 10.4. The molecule has 170 valence electrons. The van der Waals surface area contributed by atoms with Crippen molar-refractivity contribution >= 4 is 21.8 Å². The van der Waals surface area contributed by atoms with Crippen LogP contribution in [0, 0.1) is 11.3 Å². The molecule has 0 saturated carbocycles. The first-order chi connectivity index (χ1) is 16.1. The van der Waals surface area contributed by atoms with Crippen LogP contribution in [-0.2, 0) is 10.8 Å². The van der Waals surface area contributed by atoms with Gasteiger partial charge in [-0.15, -0.1) is 0 Å². The Morgan fingerprint density at radius 2 is 1.00 bits per heavy atom. The van der Waals surface area contributed by atoms with Crippen LogP contribution < -0.4 is 0 Å². The zero-order valence-corrected chi connectivity index (χ0v) is 20.8. The second kappa shape index (κ2) is 7.64. The van der Waals surface area contributed by atoms with Crippen LogP contribution in [0.3, 0.4) is 0 Å². The van der Waals surface area contributed by atoms with Crippen molar-refractivity contribution in [2.24, 2.45) is 0 Å². The molecule has 3 heteroatoms. The molecule has 0 bridgehead atoms. The second-order valence-corrected chi connectivity index (χ2v) is 11.1. The maximum Gasteiger partial charge on any atom is 0.104 e. The van der Waals surface area contributed by atoms with Crippen LogP contribution in [0.4, 0.5) is 0 Å². The third-order valence-corrected chi connectivity index (χ3v) is 6.69. The predicted octanol–water partition coefficient (Wildman–Crippen LogP) is 8.04. The Kier molecular flexibility index (Phi) is 4.95. The van der Waals surface area contributed by atoms with Gasteiger partial charge in [0.1, 0.15) is 11.6 Å². The highest BCUT2D eigenvalue weighted by atomic mass is 15.0. The smallest absolute Gasteiger partial charge is 0.104 e. The highest BCUT2D eigenvalue weighted by molar-refractivity contribution is 5.89. The van der Waals surface area contributed by atoms with Crippen LogP contribution in [0.25, 0.3) is 33.2 Å². The molecule has 0 unspecified atom stereocenters. The highest BCUT2D eigenvalue weighted by Gasteiger charge is 2.24. The summed E-state index contributed by atoms with van der Waals surface area (Å²) >= 11 is 0. The van der Waals surface area contributed by atoms with Crippen LogP contribution >= 0.6 is 0 Å². The van der Waals surface area contributed by atoms with E-state index in [0.29, 0.717) is 5.56 Å². The van der Waals surface area contributed by atoms with Gasteiger partial charge >= 0.3 is 0 Å². The predicted molar refractivity (Wildman–Crippen MR) is 142 cm³/mol. The third-order valence-electron chi connectivity index (χ3n) is 6.69. The van der Waals surface area contributed by atoms with Crippen molar-refractivity contribution in [2.75, 3.05) is 0 Å². The van der Waals surface area contributed by atoms with E-state index in [1.54, 1.807) is 0 Å². The Morgan fingerprint density at radius 3 is 1.38 bits per heavy atom. The third kappa shape index (κ3) is 3.42. The molecule has 0 N–H and O–H groups in total. The number of aromatic nitrogens is 2. The Labute approximate surface area is 201 Å². The number of para-hydroxylation sites is 2. The molecular formula is C31H31N3. The fraction of sp³-hybridized carbons (Fsp3) is 0.258. The number of fused-ring (bicyclic) bond motifs is 2. The van der Waals surface area contributed by atoms with E-state index in [2.05, 4.69) is 136 Å². The molecule has 34 heavy (non-hydrogen) atoms. The first kappa shape index (κ1) is 22.0. The SMILES string of the molecule is CC(C)(C)c1cn(-c2cccc(-n3cc(C(C)(C)C)c4ccccc43)c2C#N)c2ccccc12. The van der Waals surface area contributed by atoms with Gasteiger partial charge in [0.15, 0.2) is 0 Å². The van der Waals surface area contributed by atoms with Gasteiger partial charge in [0.25, 0.3) is 0 Å². The number of nitriles is 1. The minimum Gasteiger partial charge on any atom is -0.315 e. The van der Waals surface area contributed by atoms with E-state index in [-0.39, 0.29) is 10.8 Å². The second-order valence-electron chi connectivity index (χ2n) is 11.1. The summed E-state index contributed by atoms with van der Waals surface area (Å²) in [7, 11) is 0. The number of nitrogens with zero attached hydrogens (tertiary/aromatic N) is 3. The Bertz CT molecular complexity index is 1460. The molecule has 0 aliphatic carbocycles. The Hall–Kier alpha value is -3.77. The molecule has 2 aromatic heterocycles. The van der Waals surface area contributed by atoms with Gasteiger partial charge < -0.3 is 9.13 Å². The van der Waals surface area contributed by atoms with Gasteiger partial charge in [0.05, 0.1) is 22.4 Å². The van der Waals surface area contributed by atoms with Gasteiger partial charge in [-0.05, 0) is 46.2 Å². The molecule has 0 aliphatic rings. The van der Waals surface area contributed by atoms with Crippen LogP contribution in [0.1, 0.15) is 58.2 Å². The van der Waals surface area contributed by atoms with E-state index < -0.39 is 0 Å². The van der Waals surface area contributed by atoms with Crippen molar-refractivity contribution in [3.05, 3.63) is 95.8 Å². The summed E-state index contributed by atoms with van der Waals surface area (Å²) in [5, 5.41) is 12.9. The molecule has 0 amide bonds. The van der Waals surface area contributed by atoms with Crippen molar-refractivity contribution in [3.8, 4) is 17.4 Å². The van der Waals surface area contributed by atoms with E-state index in [1.165, 1.54) is 21.9 Å². The van der Waals surface area contributed by atoms with Gasteiger partial charge in [-0.3, -0.25) is 0 Å². The number of hydrogen-bond acceptors (Lipinski definition) is 1. The molecule has 5 aromatic rings. The molecule has 2 heterocycles. The van der Waals surface area contributed by atoms with Crippen molar-refractivity contribution < 1.29 is 0 Å². The minimum atomic E-state index is -0.00644. The van der Waals surface area contributed by atoms with Crippen LogP contribution in [0.5, 0.6) is 0 Å². The standard InChI is InChI=1S/C31H31N3/c1-30(2,3)24-19-33(26-14-9-7-12-21(24)26)28-16-11-17-29(23(28)18-32)34-20-25(31(4,5)6)22-13-8-10-15-27(22)34/h7-17,19-20H,1-6H3. The lowest BCUT2D eigenvalue weighted by atomic mass is 9.87. The van der Waals surface area contributed by atoms with Crippen molar-refractivity contribution in [1.29, 1.82) is 5.26 Å². The molecule has 0 atom stereocenters. The van der Waals surface area contributed by atoms with Gasteiger partial charge in [-0.25, -0.2) is 0 Å². The zero-order chi connectivity index (χ0) is 24.3. The molecule has 5 rings (SSSR count). The van der Waals surface area contributed by atoms with Crippen LogP contribution in [0.2, 0.25) is 0 Å². The van der Waals surface area contributed by atoms with E-state index in [0.717, 1.165) is 22.4 Å². The van der Waals surface area contributed by atoms with Crippen molar-refractivity contribution in [3.63, 3.8) is 0 Å². The summed E-state index contributed by atoms with van der Waals surface area (Å²) in [6.07, 6.45) is 4.41. The maximum atomic E-state index is 10.4. The van der Waals surface area contributed by atoms with Gasteiger partial charge in [0.2, 0.25) is 0 Å². The molecule has 3 nitrogen and oxygen atoms in total. The van der Waals surface area contributed by atoms with E-state index >= 15 is 0 Å². The van der Waals surface area contributed by atoms with E-state index in [4.69, 9.17) is 0 Å². The molecule has 0 aliphatic heterocycles. The summed E-state index contributed by atoms with van der Waals surface area (Å²) in [6.45, 7) is 13.4. The van der Waals surface area contributed by atoms with Crippen molar-refractivity contribution in [2.45, 2.75) is 52.4 Å².